The third kappa shape index (κ3) is 5.88. The minimum atomic E-state index is -0.0115. The summed E-state index contributed by atoms with van der Waals surface area (Å²) in [6.45, 7) is 2.28. The van der Waals surface area contributed by atoms with Crippen LogP contribution in [0.15, 0.2) is 29.8 Å². The van der Waals surface area contributed by atoms with E-state index in [0.717, 1.165) is 5.56 Å². The molecule has 0 fully saturated rings. The van der Waals surface area contributed by atoms with Gasteiger partial charge in [0.1, 0.15) is 11.5 Å². The SMILES string of the molecule is COc1ccc(CN(C(=O)CCC(C)N)c2nccs2)c(OC)c1.Cl. The number of nitrogens with two attached hydrogens (primary N) is 1. The van der Waals surface area contributed by atoms with Crippen molar-refractivity contribution >= 4 is 34.8 Å². The molecule has 0 spiro atoms. The first-order valence-electron chi connectivity index (χ1n) is 7.71. The fourth-order valence-corrected chi connectivity index (χ4v) is 2.91. The monoisotopic (exact) mass is 385 g/mol. The van der Waals surface area contributed by atoms with E-state index in [9.17, 15) is 4.79 Å². The molecule has 0 bridgehead atoms. The predicted octanol–water partition coefficient (Wildman–Crippen LogP) is 3.24. The van der Waals surface area contributed by atoms with E-state index in [1.54, 1.807) is 25.3 Å². The Bertz CT molecular complexity index is 665. The highest BCUT2D eigenvalue weighted by Gasteiger charge is 2.20. The first kappa shape index (κ1) is 21.2. The molecule has 1 unspecified atom stereocenters. The van der Waals surface area contributed by atoms with Gasteiger partial charge < -0.3 is 15.2 Å². The van der Waals surface area contributed by atoms with Crippen molar-refractivity contribution in [3.63, 3.8) is 0 Å². The van der Waals surface area contributed by atoms with Gasteiger partial charge in [-0.15, -0.1) is 23.7 Å². The van der Waals surface area contributed by atoms with Crippen molar-refractivity contribution < 1.29 is 14.3 Å². The molecule has 0 aliphatic rings. The van der Waals surface area contributed by atoms with Crippen LogP contribution < -0.4 is 20.1 Å². The number of anilines is 1. The molecule has 0 radical (unpaired) electrons. The van der Waals surface area contributed by atoms with Gasteiger partial charge in [0, 0.05) is 35.7 Å². The molecule has 8 heteroatoms. The van der Waals surface area contributed by atoms with Gasteiger partial charge in [-0.3, -0.25) is 9.69 Å². The van der Waals surface area contributed by atoms with Crippen LogP contribution in [0, 0.1) is 0 Å². The van der Waals surface area contributed by atoms with Gasteiger partial charge in [0.25, 0.3) is 0 Å². The van der Waals surface area contributed by atoms with Gasteiger partial charge in [0.15, 0.2) is 5.13 Å². The Morgan fingerprint density at radius 2 is 2.12 bits per heavy atom. The highest BCUT2D eigenvalue weighted by Crippen LogP contribution is 2.28. The number of rotatable bonds is 8. The van der Waals surface area contributed by atoms with Crippen LogP contribution in [0.1, 0.15) is 25.3 Å². The highest BCUT2D eigenvalue weighted by molar-refractivity contribution is 7.13. The number of benzene rings is 1. The van der Waals surface area contributed by atoms with E-state index in [-0.39, 0.29) is 24.4 Å². The van der Waals surface area contributed by atoms with E-state index in [2.05, 4.69) is 4.98 Å². The molecule has 1 aromatic heterocycles. The second-order valence-electron chi connectivity index (χ2n) is 5.49. The number of methoxy groups -OCH3 is 2. The summed E-state index contributed by atoms with van der Waals surface area (Å²) in [7, 11) is 3.21. The summed E-state index contributed by atoms with van der Waals surface area (Å²) in [5.41, 5.74) is 6.66. The number of hydrogen-bond donors (Lipinski definition) is 1. The fourth-order valence-electron chi connectivity index (χ4n) is 2.25. The molecule has 2 N–H and O–H groups in total. The molecule has 1 aromatic carbocycles. The predicted molar refractivity (Wildman–Crippen MR) is 103 cm³/mol. The smallest absolute Gasteiger partial charge is 0.229 e. The normalized spacial score (nSPS) is 11.4. The summed E-state index contributed by atoms with van der Waals surface area (Å²) >= 11 is 1.43. The van der Waals surface area contributed by atoms with Crippen LogP contribution >= 0.6 is 23.7 Å². The maximum absolute atomic E-state index is 12.6. The van der Waals surface area contributed by atoms with Gasteiger partial charge in [-0.25, -0.2) is 4.98 Å². The maximum Gasteiger partial charge on any atom is 0.229 e. The van der Waals surface area contributed by atoms with Gasteiger partial charge in [-0.05, 0) is 25.5 Å². The van der Waals surface area contributed by atoms with Crippen LogP contribution in [0.3, 0.4) is 0 Å². The Morgan fingerprint density at radius 1 is 1.36 bits per heavy atom. The molecule has 6 nitrogen and oxygen atoms in total. The van der Waals surface area contributed by atoms with Crippen molar-refractivity contribution in [2.24, 2.45) is 5.73 Å². The minimum absolute atomic E-state index is 0. The van der Waals surface area contributed by atoms with Crippen molar-refractivity contribution in [3.8, 4) is 11.5 Å². The number of carbonyl (C=O) groups is 1. The number of aromatic nitrogens is 1. The van der Waals surface area contributed by atoms with E-state index < -0.39 is 0 Å². The van der Waals surface area contributed by atoms with Gasteiger partial charge >= 0.3 is 0 Å². The zero-order valence-corrected chi connectivity index (χ0v) is 16.2. The lowest BCUT2D eigenvalue weighted by atomic mass is 10.1. The van der Waals surface area contributed by atoms with Crippen molar-refractivity contribution in [2.75, 3.05) is 19.1 Å². The average Bonchev–Trinajstić information content (AvgIpc) is 3.11. The van der Waals surface area contributed by atoms with Crippen molar-refractivity contribution in [1.82, 2.24) is 4.98 Å². The Kier molecular flexibility index (Phi) is 8.68. The third-order valence-corrected chi connectivity index (χ3v) is 4.38. The van der Waals surface area contributed by atoms with Crippen LogP contribution in [-0.2, 0) is 11.3 Å². The quantitative estimate of drug-likeness (QED) is 0.754. The molecular weight excluding hydrogens is 362 g/mol. The standard InChI is InChI=1S/C17H23N3O3S.ClH/c1-12(18)4-7-16(21)20(17-19-8-9-24-17)11-13-5-6-14(22-2)10-15(13)23-3;/h5-6,8-10,12H,4,7,11,18H2,1-3H3;1H. The van der Waals surface area contributed by atoms with Gasteiger partial charge in [-0.2, -0.15) is 0 Å². The third-order valence-electron chi connectivity index (χ3n) is 3.59. The number of halogens is 1. The number of ether oxygens (including phenoxy) is 2. The Labute approximate surface area is 158 Å². The van der Waals surface area contributed by atoms with E-state index in [1.807, 2.05) is 30.5 Å². The van der Waals surface area contributed by atoms with Gasteiger partial charge in [-0.1, -0.05) is 0 Å². The second-order valence-corrected chi connectivity index (χ2v) is 6.36. The van der Waals surface area contributed by atoms with Gasteiger partial charge in [0.2, 0.25) is 5.91 Å². The largest absolute Gasteiger partial charge is 0.497 e. The molecule has 0 saturated heterocycles. The molecule has 2 aromatic rings. The first-order chi connectivity index (χ1) is 11.5. The molecule has 2 rings (SSSR count). The molecular formula is C17H24ClN3O3S. The number of amides is 1. The van der Waals surface area contributed by atoms with Crippen molar-refractivity contribution in [1.29, 1.82) is 0 Å². The topological polar surface area (TPSA) is 77.7 Å². The molecule has 0 aliphatic carbocycles. The molecule has 138 valence electrons. The zero-order valence-electron chi connectivity index (χ0n) is 14.6. The molecule has 0 aliphatic heterocycles. The van der Waals surface area contributed by atoms with Crippen LogP contribution in [0.5, 0.6) is 11.5 Å². The highest BCUT2D eigenvalue weighted by atomic mass is 35.5. The lowest BCUT2D eigenvalue weighted by Crippen LogP contribution is -2.31. The summed E-state index contributed by atoms with van der Waals surface area (Å²) in [6, 6.07) is 5.55. The van der Waals surface area contributed by atoms with E-state index in [0.29, 0.717) is 36.0 Å². The molecule has 25 heavy (non-hydrogen) atoms. The minimum Gasteiger partial charge on any atom is -0.497 e. The Morgan fingerprint density at radius 3 is 2.68 bits per heavy atom. The van der Waals surface area contributed by atoms with Crippen LogP contribution in [0.4, 0.5) is 5.13 Å². The molecule has 1 atom stereocenters. The summed E-state index contributed by atoms with van der Waals surface area (Å²) < 4.78 is 10.6. The summed E-state index contributed by atoms with van der Waals surface area (Å²) in [6.07, 6.45) is 2.72. The van der Waals surface area contributed by atoms with E-state index >= 15 is 0 Å². The number of hydrogen-bond acceptors (Lipinski definition) is 6. The lowest BCUT2D eigenvalue weighted by molar-refractivity contribution is -0.118. The van der Waals surface area contributed by atoms with Crippen LogP contribution in [0.25, 0.3) is 0 Å². The number of carbonyl (C=O) groups excluding carboxylic acids is 1. The van der Waals surface area contributed by atoms with E-state index in [1.165, 1.54) is 11.3 Å². The molecule has 1 heterocycles. The summed E-state index contributed by atoms with van der Waals surface area (Å²) in [4.78, 5) is 18.6. The first-order valence-corrected chi connectivity index (χ1v) is 8.59. The Hall–Kier alpha value is -1.83. The van der Waals surface area contributed by atoms with Crippen molar-refractivity contribution in [2.45, 2.75) is 32.4 Å². The van der Waals surface area contributed by atoms with Crippen LogP contribution in [-0.4, -0.2) is 31.2 Å². The lowest BCUT2D eigenvalue weighted by Gasteiger charge is -2.22. The molecule has 0 saturated carbocycles. The zero-order chi connectivity index (χ0) is 17.5. The molecule has 1 amide bonds. The summed E-state index contributed by atoms with van der Waals surface area (Å²) in [5.74, 6) is 1.38. The summed E-state index contributed by atoms with van der Waals surface area (Å²) in [5, 5.41) is 2.52. The Balaban J connectivity index is 0.00000312. The maximum atomic E-state index is 12.6. The second kappa shape index (κ2) is 10.2. The van der Waals surface area contributed by atoms with Crippen molar-refractivity contribution in [3.05, 3.63) is 35.3 Å². The van der Waals surface area contributed by atoms with Crippen LogP contribution in [0.2, 0.25) is 0 Å². The van der Waals surface area contributed by atoms with Gasteiger partial charge in [0.05, 0.1) is 20.8 Å². The fraction of sp³-hybridized carbons (Fsp3) is 0.412. The number of nitrogens with zero attached hydrogens (tertiary/aromatic N) is 2. The number of thiazole rings is 1. The average molecular weight is 386 g/mol. The van der Waals surface area contributed by atoms with E-state index in [4.69, 9.17) is 15.2 Å².